The summed E-state index contributed by atoms with van der Waals surface area (Å²) in [5.74, 6) is 0.583. The first-order chi connectivity index (χ1) is 14.9. The second kappa shape index (κ2) is 8.58. The lowest BCUT2D eigenvalue weighted by Crippen LogP contribution is -2.39. The number of allylic oxidation sites excluding steroid dienone is 4. The molecule has 2 aromatic carbocycles. The van der Waals surface area contributed by atoms with Crippen LogP contribution in [-0.2, 0) is 5.41 Å². The van der Waals surface area contributed by atoms with E-state index in [0.717, 1.165) is 0 Å². The van der Waals surface area contributed by atoms with Crippen molar-refractivity contribution in [3.8, 4) is 0 Å². The summed E-state index contributed by atoms with van der Waals surface area (Å²) >= 11 is 0. The molecule has 0 amide bonds. The van der Waals surface area contributed by atoms with Crippen LogP contribution in [0, 0.1) is 5.92 Å². The summed E-state index contributed by atoms with van der Waals surface area (Å²) in [5.41, 5.74) is 10.4. The van der Waals surface area contributed by atoms with Gasteiger partial charge in [-0.2, -0.15) is 0 Å². The van der Waals surface area contributed by atoms with Crippen molar-refractivity contribution < 1.29 is 0 Å². The van der Waals surface area contributed by atoms with Crippen molar-refractivity contribution in [3.63, 3.8) is 0 Å². The molecule has 30 heavy (non-hydrogen) atoms. The number of benzene rings is 2. The molecular weight excluding hydrogens is 360 g/mol. The van der Waals surface area contributed by atoms with Crippen LogP contribution in [0.1, 0.15) is 88.7 Å². The van der Waals surface area contributed by atoms with E-state index in [0.29, 0.717) is 5.92 Å². The molecule has 0 fully saturated rings. The van der Waals surface area contributed by atoms with Crippen molar-refractivity contribution in [1.29, 1.82) is 0 Å². The van der Waals surface area contributed by atoms with Gasteiger partial charge in [0.25, 0.3) is 0 Å². The van der Waals surface area contributed by atoms with Crippen molar-refractivity contribution in [2.45, 2.75) is 83.0 Å². The fourth-order valence-electron chi connectivity index (χ4n) is 6.85. The van der Waals surface area contributed by atoms with E-state index in [1.54, 1.807) is 11.1 Å². The smallest absolute Gasteiger partial charge is 0.0305 e. The molecule has 0 heterocycles. The second-order valence-electron chi connectivity index (χ2n) is 9.66. The van der Waals surface area contributed by atoms with Crippen LogP contribution in [0.4, 0.5) is 0 Å². The predicted molar refractivity (Wildman–Crippen MR) is 128 cm³/mol. The molecular formula is C30H36. The summed E-state index contributed by atoms with van der Waals surface area (Å²) in [4.78, 5) is 0. The Labute approximate surface area is 183 Å². The first-order valence-electron chi connectivity index (χ1n) is 12.4. The van der Waals surface area contributed by atoms with Gasteiger partial charge in [-0.3, -0.25) is 0 Å². The van der Waals surface area contributed by atoms with Crippen LogP contribution in [0.15, 0.2) is 83.0 Å². The molecule has 0 N–H and O–H groups in total. The first kappa shape index (κ1) is 19.9. The lowest BCUT2D eigenvalue weighted by Gasteiger charge is -2.44. The van der Waals surface area contributed by atoms with Crippen LogP contribution >= 0.6 is 0 Å². The standard InChI is InChI=1S/C30H36/c1-2-3-22-30(23-14-6-4-7-15-23,24-16-8-5-9-17-24)29-27-20-12-10-18-25(27)26-19-11-13-21-28(26)29/h4-9,14-17,29H,2-3,10-13,18-22H2,1H3. The molecule has 5 rings (SSSR count). The van der Waals surface area contributed by atoms with Gasteiger partial charge in [-0.05, 0) is 80.1 Å². The van der Waals surface area contributed by atoms with Gasteiger partial charge >= 0.3 is 0 Å². The maximum absolute atomic E-state index is 2.42. The lowest BCUT2D eigenvalue weighted by molar-refractivity contribution is 0.350. The number of hydrogen-bond donors (Lipinski definition) is 0. The summed E-state index contributed by atoms with van der Waals surface area (Å²) in [6.07, 6.45) is 14.6. The normalized spacial score (nSPS) is 19.8. The minimum atomic E-state index is 0.0743. The Morgan fingerprint density at radius 3 is 1.60 bits per heavy atom. The highest BCUT2D eigenvalue weighted by Crippen LogP contribution is 2.59. The van der Waals surface area contributed by atoms with E-state index in [4.69, 9.17) is 0 Å². The minimum Gasteiger partial charge on any atom is -0.0654 e. The maximum atomic E-state index is 2.42. The summed E-state index contributed by atoms with van der Waals surface area (Å²) in [6, 6.07) is 23.1. The minimum absolute atomic E-state index is 0.0743. The molecule has 0 heteroatoms. The third kappa shape index (κ3) is 3.20. The number of fused-ring (bicyclic) bond motifs is 1. The summed E-state index contributed by atoms with van der Waals surface area (Å²) in [6.45, 7) is 2.35. The Hall–Kier alpha value is -2.08. The Morgan fingerprint density at radius 1 is 0.667 bits per heavy atom. The van der Waals surface area contributed by atoms with Crippen LogP contribution < -0.4 is 0 Å². The molecule has 0 bridgehead atoms. The van der Waals surface area contributed by atoms with Gasteiger partial charge in [-0.25, -0.2) is 0 Å². The molecule has 3 aliphatic carbocycles. The second-order valence-corrected chi connectivity index (χ2v) is 9.66. The fraction of sp³-hybridized carbons (Fsp3) is 0.467. The van der Waals surface area contributed by atoms with Crippen LogP contribution in [0.2, 0.25) is 0 Å². The third-order valence-electron chi connectivity index (χ3n) is 8.08. The number of unbranched alkanes of at least 4 members (excludes halogenated alkanes) is 1. The summed E-state index contributed by atoms with van der Waals surface area (Å²) < 4.78 is 0. The Kier molecular flexibility index (Phi) is 5.68. The zero-order valence-electron chi connectivity index (χ0n) is 18.6. The molecule has 3 aliphatic rings. The van der Waals surface area contributed by atoms with Crippen molar-refractivity contribution in [3.05, 3.63) is 94.1 Å². The molecule has 2 aromatic rings. The topological polar surface area (TPSA) is 0 Å². The molecule has 0 aromatic heterocycles. The monoisotopic (exact) mass is 396 g/mol. The quantitative estimate of drug-likeness (QED) is 0.459. The molecule has 0 saturated heterocycles. The van der Waals surface area contributed by atoms with Gasteiger partial charge < -0.3 is 0 Å². The van der Waals surface area contributed by atoms with Crippen molar-refractivity contribution >= 4 is 0 Å². The maximum Gasteiger partial charge on any atom is 0.0305 e. The van der Waals surface area contributed by atoms with Crippen LogP contribution in [-0.4, -0.2) is 0 Å². The van der Waals surface area contributed by atoms with Crippen molar-refractivity contribution in [2.24, 2.45) is 5.92 Å². The molecule has 0 atom stereocenters. The molecule has 0 aliphatic heterocycles. The molecule has 0 nitrogen and oxygen atoms in total. The van der Waals surface area contributed by atoms with Crippen LogP contribution in [0.3, 0.4) is 0 Å². The Morgan fingerprint density at radius 2 is 1.13 bits per heavy atom. The molecule has 156 valence electrons. The average Bonchev–Trinajstić information content (AvgIpc) is 3.16. The summed E-state index contributed by atoms with van der Waals surface area (Å²) in [7, 11) is 0. The fourth-order valence-corrected chi connectivity index (χ4v) is 6.85. The molecule has 0 radical (unpaired) electrons. The van der Waals surface area contributed by atoms with Gasteiger partial charge in [0.15, 0.2) is 0 Å². The van der Waals surface area contributed by atoms with Gasteiger partial charge in [0.1, 0.15) is 0 Å². The van der Waals surface area contributed by atoms with E-state index < -0.39 is 0 Å². The zero-order chi connectivity index (χ0) is 20.4. The highest BCUT2D eigenvalue weighted by Gasteiger charge is 2.49. The molecule has 0 saturated carbocycles. The van der Waals surface area contributed by atoms with E-state index >= 15 is 0 Å². The number of rotatable bonds is 6. The predicted octanol–water partition coefficient (Wildman–Crippen LogP) is 8.53. The number of hydrogen-bond acceptors (Lipinski definition) is 0. The van der Waals surface area contributed by atoms with Crippen molar-refractivity contribution in [1.82, 2.24) is 0 Å². The van der Waals surface area contributed by atoms with E-state index in [9.17, 15) is 0 Å². The lowest BCUT2D eigenvalue weighted by atomic mass is 9.58. The average molecular weight is 397 g/mol. The largest absolute Gasteiger partial charge is 0.0654 e. The van der Waals surface area contributed by atoms with Gasteiger partial charge in [-0.15, -0.1) is 0 Å². The Bertz CT molecular complexity index is 857. The van der Waals surface area contributed by atoms with Crippen LogP contribution in [0.25, 0.3) is 0 Å². The van der Waals surface area contributed by atoms with Gasteiger partial charge in [0.2, 0.25) is 0 Å². The Balaban J connectivity index is 1.77. The summed E-state index contributed by atoms with van der Waals surface area (Å²) in [5, 5.41) is 0. The van der Waals surface area contributed by atoms with Gasteiger partial charge in [0, 0.05) is 11.3 Å². The van der Waals surface area contributed by atoms with Crippen LogP contribution in [0.5, 0.6) is 0 Å². The van der Waals surface area contributed by atoms with E-state index in [1.807, 2.05) is 11.1 Å². The highest BCUT2D eigenvalue weighted by molar-refractivity contribution is 5.58. The third-order valence-corrected chi connectivity index (χ3v) is 8.08. The SMILES string of the molecule is CCCCC(c1ccccc1)(c1ccccc1)C1C2=C(CCCC2)C2=C1CCCC2. The molecule has 0 spiro atoms. The van der Waals surface area contributed by atoms with E-state index in [2.05, 4.69) is 67.6 Å². The highest BCUT2D eigenvalue weighted by atomic mass is 14.5. The first-order valence-corrected chi connectivity index (χ1v) is 12.4. The van der Waals surface area contributed by atoms with Gasteiger partial charge in [-0.1, -0.05) is 91.6 Å². The van der Waals surface area contributed by atoms with E-state index in [1.165, 1.54) is 81.8 Å². The van der Waals surface area contributed by atoms with E-state index in [-0.39, 0.29) is 5.41 Å². The molecule has 0 unspecified atom stereocenters. The van der Waals surface area contributed by atoms with Crippen molar-refractivity contribution in [2.75, 3.05) is 0 Å². The zero-order valence-corrected chi connectivity index (χ0v) is 18.6. The van der Waals surface area contributed by atoms with Gasteiger partial charge in [0.05, 0.1) is 0 Å².